The van der Waals surface area contributed by atoms with E-state index in [-0.39, 0.29) is 0 Å². The van der Waals surface area contributed by atoms with Crippen molar-refractivity contribution < 1.29 is 5.21 Å². The van der Waals surface area contributed by atoms with Gasteiger partial charge in [0.1, 0.15) is 5.84 Å². The fraction of sp³-hybridized carbons (Fsp3) is 0.909. The average Bonchev–Trinajstić information content (AvgIpc) is 2.65. The molecular formula is C11H23N3O. The van der Waals surface area contributed by atoms with Crippen LogP contribution in [-0.2, 0) is 0 Å². The Bertz CT molecular complexity index is 216. The fourth-order valence-corrected chi connectivity index (χ4v) is 2.40. The Morgan fingerprint density at radius 3 is 2.93 bits per heavy atom. The molecule has 0 radical (unpaired) electrons. The molecule has 4 nitrogen and oxygen atoms in total. The summed E-state index contributed by atoms with van der Waals surface area (Å²) in [6, 6.07) is 0.734. The van der Waals surface area contributed by atoms with Gasteiger partial charge in [0, 0.05) is 12.5 Å². The summed E-state index contributed by atoms with van der Waals surface area (Å²) in [6.07, 6.45) is 4.31. The van der Waals surface area contributed by atoms with E-state index in [2.05, 4.69) is 23.9 Å². The maximum Gasteiger partial charge on any atom is 0.139 e. The van der Waals surface area contributed by atoms with Crippen LogP contribution < -0.4 is 5.73 Å². The van der Waals surface area contributed by atoms with Crippen LogP contribution in [0.5, 0.6) is 0 Å². The minimum absolute atomic E-state index is 0.343. The first-order chi connectivity index (χ1) is 7.15. The highest BCUT2D eigenvalue weighted by Gasteiger charge is 2.26. The second-order valence-corrected chi connectivity index (χ2v) is 4.68. The monoisotopic (exact) mass is 213 g/mol. The average molecular weight is 213 g/mol. The molecule has 0 aromatic heterocycles. The lowest BCUT2D eigenvalue weighted by Crippen LogP contribution is -2.34. The van der Waals surface area contributed by atoms with E-state index in [1.807, 2.05) is 0 Å². The van der Waals surface area contributed by atoms with E-state index in [1.165, 1.54) is 19.4 Å². The summed E-state index contributed by atoms with van der Waals surface area (Å²) in [5.41, 5.74) is 5.43. The highest BCUT2D eigenvalue weighted by atomic mass is 16.4. The van der Waals surface area contributed by atoms with Crippen molar-refractivity contribution in [3.8, 4) is 0 Å². The number of nitrogens with zero attached hydrogens (tertiary/aromatic N) is 2. The maximum absolute atomic E-state index is 8.42. The molecule has 3 N–H and O–H groups in total. The molecule has 1 fully saturated rings. The van der Waals surface area contributed by atoms with E-state index >= 15 is 0 Å². The minimum Gasteiger partial charge on any atom is -0.409 e. The van der Waals surface area contributed by atoms with Crippen LogP contribution in [0.2, 0.25) is 0 Å². The molecule has 0 aromatic rings. The van der Waals surface area contributed by atoms with E-state index in [0.29, 0.717) is 12.3 Å². The van der Waals surface area contributed by atoms with Gasteiger partial charge in [0.05, 0.1) is 0 Å². The topological polar surface area (TPSA) is 61.8 Å². The normalized spacial score (nSPS) is 23.9. The van der Waals surface area contributed by atoms with Crippen molar-refractivity contribution in [1.29, 1.82) is 0 Å². The van der Waals surface area contributed by atoms with Crippen LogP contribution in [0.15, 0.2) is 5.16 Å². The quantitative estimate of drug-likeness (QED) is 0.316. The second kappa shape index (κ2) is 5.95. The molecule has 1 rings (SSSR count). The van der Waals surface area contributed by atoms with Crippen molar-refractivity contribution in [2.45, 2.75) is 45.6 Å². The van der Waals surface area contributed by atoms with Crippen molar-refractivity contribution in [3.05, 3.63) is 0 Å². The fourth-order valence-electron chi connectivity index (χ4n) is 2.40. The van der Waals surface area contributed by atoms with E-state index in [1.54, 1.807) is 0 Å². The van der Waals surface area contributed by atoms with Gasteiger partial charge in [-0.1, -0.05) is 19.0 Å². The summed E-state index contributed by atoms with van der Waals surface area (Å²) < 4.78 is 0. The molecule has 1 heterocycles. The molecule has 1 unspecified atom stereocenters. The predicted octanol–water partition coefficient (Wildman–Crippen LogP) is 1.63. The third kappa shape index (κ3) is 3.70. The second-order valence-electron chi connectivity index (χ2n) is 4.68. The Hall–Kier alpha value is -0.770. The smallest absolute Gasteiger partial charge is 0.139 e. The molecule has 0 spiro atoms. The first-order valence-corrected chi connectivity index (χ1v) is 5.85. The third-order valence-corrected chi connectivity index (χ3v) is 3.19. The van der Waals surface area contributed by atoms with Crippen LogP contribution in [0.3, 0.4) is 0 Å². The SMILES string of the molecule is CC(C)C1CCCN1CCCC(N)=NO. The van der Waals surface area contributed by atoms with Gasteiger partial charge in [0.2, 0.25) is 0 Å². The summed E-state index contributed by atoms with van der Waals surface area (Å²) in [7, 11) is 0. The molecule has 1 atom stereocenters. The van der Waals surface area contributed by atoms with Gasteiger partial charge in [-0.05, 0) is 38.3 Å². The molecule has 1 aliphatic heterocycles. The van der Waals surface area contributed by atoms with Crippen molar-refractivity contribution in [3.63, 3.8) is 0 Å². The zero-order valence-corrected chi connectivity index (χ0v) is 9.82. The molecule has 0 aliphatic carbocycles. The lowest BCUT2D eigenvalue weighted by Gasteiger charge is -2.27. The molecule has 0 saturated carbocycles. The molecular weight excluding hydrogens is 190 g/mol. The standard InChI is InChI=1S/C11H23N3O/c1-9(2)10-5-3-7-14(10)8-4-6-11(12)13-15/h9-10,15H,3-8H2,1-2H3,(H2,12,13). The molecule has 1 aliphatic rings. The Kier molecular flexibility index (Phi) is 4.88. The zero-order valence-electron chi connectivity index (χ0n) is 9.82. The zero-order chi connectivity index (χ0) is 11.3. The van der Waals surface area contributed by atoms with E-state index < -0.39 is 0 Å². The number of rotatable bonds is 5. The number of likely N-dealkylation sites (tertiary alicyclic amines) is 1. The summed E-state index contributed by atoms with van der Waals surface area (Å²) in [5.74, 6) is 1.08. The van der Waals surface area contributed by atoms with Crippen molar-refractivity contribution in [1.82, 2.24) is 4.90 Å². The molecule has 0 amide bonds. The molecule has 0 bridgehead atoms. The van der Waals surface area contributed by atoms with Crippen LogP contribution in [0.1, 0.15) is 39.5 Å². The lowest BCUT2D eigenvalue weighted by atomic mass is 10.0. The molecule has 15 heavy (non-hydrogen) atoms. The van der Waals surface area contributed by atoms with Gasteiger partial charge in [0.25, 0.3) is 0 Å². The van der Waals surface area contributed by atoms with E-state index in [9.17, 15) is 0 Å². The summed E-state index contributed by atoms with van der Waals surface area (Å²) >= 11 is 0. The first kappa shape index (κ1) is 12.3. The molecule has 4 heteroatoms. The Morgan fingerprint density at radius 2 is 2.33 bits per heavy atom. The number of hydrogen-bond acceptors (Lipinski definition) is 3. The predicted molar refractivity (Wildman–Crippen MR) is 62.1 cm³/mol. The lowest BCUT2D eigenvalue weighted by molar-refractivity contribution is 0.205. The van der Waals surface area contributed by atoms with Gasteiger partial charge in [-0.2, -0.15) is 0 Å². The summed E-state index contributed by atoms with van der Waals surface area (Å²) in [6.45, 7) is 6.84. The number of amidine groups is 1. The van der Waals surface area contributed by atoms with Crippen LogP contribution in [0, 0.1) is 5.92 Å². The van der Waals surface area contributed by atoms with Gasteiger partial charge in [-0.15, -0.1) is 0 Å². The number of hydrogen-bond donors (Lipinski definition) is 2. The van der Waals surface area contributed by atoms with Gasteiger partial charge >= 0.3 is 0 Å². The van der Waals surface area contributed by atoms with E-state index in [4.69, 9.17) is 10.9 Å². The van der Waals surface area contributed by atoms with Gasteiger partial charge in [-0.25, -0.2) is 0 Å². The third-order valence-electron chi connectivity index (χ3n) is 3.19. The summed E-state index contributed by atoms with van der Waals surface area (Å²) in [5, 5.41) is 11.4. The van der Waals surface area contributed by atoms with Gasteiger partial charge < -0.3 is 15.8 Å². The molecule has 0 aromatic carbocycles. The highest BCUT2D eigenvalue weighted by Crippen LogP contribution is 2.23. The van der Waals surface area contributed by atoms with Crippen LogP contribution in [-0.4, -0.2) is 35.1 Å². The van der Waals surface area contributed by atoms with Crippen molar-refractivity contribution >= 4 is 5.84 Å². The molecule has 1 saturated heterocycles. The van der Waals surface area contributed by atoms with E-state index in [0.717, 1.165) is 24.9 Å². The largest absolute Gasteiger partial charge is 0.409 e. The van der Waals surface area contributed by atoms with Crippen molar-refractivity contribution in [2.75, 3.05) is 13.1 Å². The first-order valence-electron chi connectivity index (χ1n) is 5.85. The van der Waals surface area contributed by atoms with Gasteiger partial charge in [-0.3, -0.25) is 0 Å². The number of oxime groups is 1. The Labute approximate surface area is 92.1 Å². The minimum atomic E-state index is 0.343. The maximum atomic E-state index is 8.42. The van der Waals surface area contributed by atoms with Gasteiger partial charge in [0.15, 0.2) is 0 Å². The Morgan fingerprint density at radius 1 is 1.60 bits per heavy atom. The Balaban J connectivity index is 2.26. The molecule has 88 valence electrons. The highest BCUT2D eigenvalue weighted by molar-refractivity contribution is 5.79. The van der Waals surface area contributed by atoms with Crippen LogP contribution in [0.25, 0.3) is 0 Å². The van der Waals surface area contributed by atoms with Crippen molar-refractivity contribution in [2.24, 2.45) is 16.8 Å². The van der Waals surface area contributed by atoms with Crippen LogP contribution >= 0.6 is 0 Å². The number of nitrogens with two attached hydrogens (primary N) is 1. The summed E-state index contributed by atoms with van der Waals surface area (Å²) in [4.78, 5) is 2.54. The van der Waals surface area contributed by atoms with Crippen LogP contribution in [0.4, 0.5) is 0 Å².